The monoisotopic (exact) mass is 259 g/mol. The van der Waals surface area contributed by atoms with Crippen LogP contribution in [0.4, 0.5) is 0 Å². The van der Waals surface area contributed by atoms with Crippen molar-refractivity contribution < 1.29 is 0 Å². The minimum absolute atomic E-state index is 0.0587. The van der Waals surface area contributed by atoms with Gasteiger partial charge in [0, 0.05) is 12.6 Å². The summed E-state index contributed by atoms with van der Waals surface area (Å²) in [7, 11) is 4.08. The third-order valence-electron chi connectivity index (χ3n) is 3.67. The summed E-state index contributed by atoms with van der Waals surface area (Å²) in [5.74, 6) is 0. The summed E-state index contributed by atoms with van der Waals surface area (Å²) in [5, 5.41) is 0.735. The number of hydrogen-bond acceptors (Lipinski definition) is 3. The van der Waals surface area contributed by atoms with Gasteiger partial charge in [-0.2, -0.15) is 0 Å². The summed E-state index contributed by atoms with van der Waals surface area (Å²) in [6.07, 6.45) is 2.67. The van der Waals surface area contributed by atoms with Crippen molar-refractivity contribution in [3.8, 4) is 0 Å². The van der Waals surface area contributed by atoms with Gasteiger partial charge >= 0.3 is 0 Å². The van der Waals surface area contributed by atoms with E-state index in [1.165, 1.54) is 0 Å². The van der Waals surface area contributed by atoms with Gasteiger partial charge in [0.1, 0.15) is 0 Å². The number of nitrogens with zero attached hydrogens (tertiary/aromatic N) is 3. The van der Waals surface area contributed by atoms with Crippen molar-refractivity contribution in [2.45, 2.75) is 32.9 Å². The zero-order valence-corrected chi connectivity index (χ0v) is 12.1. The summed E-state index contributed by atoms with van der Waals surface area (Å²) in [6.45, 7) is 4.77. The van der Waals surface area contributed by atoms with Crippen molar-refractivity contribution in [3.63, 3.8) is 0 Å². The lowest BCUT2D eigenvalue weighted by Gasteiger charge is -2.23. The zero-order valence-electron chi connectivity index (χ0n) is 12.1. The lowest BCUT2D eigenvalue weighted by Crippen LogP contribution is -2.35. The van der Waals surface area contributed by atoms with Gasteiger partial charge in [-0.25, -0.2) is 4.98 Å². The molecule has 1 unspecified atom stereocenters. The molecule has 2 aromatic rings. The number of aromatic nitrogens is 2. The van der Waals surface area contributed by atoms with Crippen LogP contribution in [0.5, 0.6) is 0 Å². The molecule has 0 spiro atoms. The molecule has 1 atom stereocenters. The van der Waals surface area contributed by atoms with Crippen molar-refractivity contribution >= 4 is 10.9 Å². The van der Waals surface area contributed by atoms with E-state index in [0.29, 0.717) is 12.6 Å². The Morgan fingerprint density at radius 2 is 2.11 bits per heavy atom. The highest BCUT2D eigenvalue weighted by Crippen LogP contribution is 2.11. The SMILES string of the molecule is CCC(Cn1cnc2cccc(C)c2c1=O)N(C)C. The van der Waals surface area contributed by atoms with E-state index in [9.17, 15) is 4.79 Å². The average Bonchev–Trinajstić information content (AvgIpc) is 2.37. The molecule has 4 heteroatoms. The lowest BCUT2D eigenvalue weighted by atomic mass is 10.1. The minimum Gasteiger partial charge on any atom is -0.305 e. The molecule has 1 heterocycles. The van der Waals surface area contributed by atoms with Crippen molar-refractivity contribution in [1.29, 1.82) is 0 Å². The molecule has 19 heavy (non-hydrogen) atoms. The van der Waals surface area contributed by atoms with E-state index >= 15 is 0 Å². The van der Waals surface area contributed by atoms with Crippen LogP contribution in [-0.4, -0.2) is 34.6 Å². The van der Waals surface area contributed by atoms with Crippen LogP contribution < -0.4 is 5.56 Å². The number of hydrogen-bond donors (Lipinski definition) is 0. The second-order valence-corrected chi connectivity index (χ2v) is 5.20. The Morgan fingerprint density at radius 3 is 2.74 bits per heavy atom. The minimum atomic E-state index is 0.0587. The topological polar surface area (TPSA) is 38.1 Å². The van der Waals surface area contributed by atoms with E-state index in [4.69, 9.17) is 0 Å². The fourth-order valence-corrected chi connectivity index (χ4v) is 2.38. The number of likely N-dealkylation sites (N-methyl/N-ethyl adjacent to an activating group) is 1. The Kier molecular flexibility index (Phi) is 4.00. The van der Waals surface area contributed by atoms with Crippen LogP contribution in [0.15, 0.2) is 29.3 Å². The van der Waals surface area contributed by atoms with E-state index in [2.05, 4.69) is 16.8 Å². The lowest BCUT2D eigenvalue weighted by molar-refractivity contribution is 0.255. The molecular weight excluding hydrogens is 238 g/mol. The molecule has 2 rings (SSSR count). The number of fused-ring (bicyclic) bond motifs is 1. The van der Waals surface area contributed by atoms with Crippen LogP contribution in [0.1, 0.15) is 18.9 Å². The standard InChI is InChI=1S/C15H21N3O/c1-5-12(17(3)4)9-18-10-16-13-8-6-7-11(2)14(13)15(18)19/h6-8,10,12H,5,9H2,1-4H3. The molecule has 0 aliphatic carbocycles. The Labute approximate surface area is 113 Å². The Balaban J connectivity index is 2.49. The molecule has 1 aromatic carbocycles. The number of benzene rings is 1. The summed E-state index contributed by atoms with van der Waals surface area (Å²) in [5.41, 5.74) is 1.82. The van der Waals surface area contributed by atoms with Gasteiger partial charge in [0.25, 0.3) is 5.56 Å². The van der Waals surface area contributed by atoms with Gasteiger partial charge in [0.05, 0.1) is 17.2 Å². The maximum absolute atomic E-state index is 12.5. The third kappa shape index (κ3) is 2.68. The van der Waals surface area contributed by atoms with E-state index in [-0.39, 0.29) is 5.56 Å². The molecule has 0 amide bonds. The first-order valence-corrected chi connectivity index (χ1v) is 6.65. The largest absolute Gasteiger partial charge is 0.305 e. The molecule has 0 bridgehead atoms. The Bertz CT molecular complexity index is 631. The summed E-state index contributed by atoms with van der Waals surface area (Å²) in [6, 6.07) is 6.13. The predicted octanol–water partition coefficient (Wildman–Crippen LogP) is 2.05. The zero-order chi connectivity index (χ0) is 14.0. The highest BCUT2D eigenvalue weighted by molar-refractivity contribution is 5.80. The number of rotatable bonds is 4. The third-order valence-corrected chi connectivity index (χ3v) is 3.67. The fraction of sp³-hybridized carbons (Fsp3) is 0.467. The summed E-state index contributed by atoms with van der Waals surface area (Å²) < 4.78 is 1.73. The van der Waals surface area contributed by atoms with Crippen LogP contribution >= 0.6 is 0 Å². The van der Waals surface area contributed by atoms with Crippen LogP contribution in [0.3, 0.4) is 0 Å². The molecule has 0 fully saturated rings. The van der Waals surface area contributed by atoms with Crippen LogP contribution in [-0.2, 0) is 6.54 Å². The fourth-order valence-electron chi connectivity index (χ4n) is 2.38. The average molecular weight is 259 g/mol. The predicted molar refractivity (Wildman–Crippen MR) is 78.5 cm³/mol. The van der Waals surface area contributed by atoms with Crippen molar-refractivity contribution in [1.82, 2.24) is 14.5 Å². The van der Waals surface area contributed by atoms with Gasteiger partial charge in [-0.05, 0) is 39.1 Å². The first-order valence-electron chi connectivity index (χ1n) is 6.65. The molecule has 1 aromatic heterocycles. The number of aryl methyl sites for hydroxylation is 1. The molecule has 0 saturated carbocycles. The summed E-state index contributed by atoms with van der Waals surface area (Å²) >= 11 is 0. The van der Waals surface area contributed by atoms with Crippen LogP contribution in [0.25, 0.3) is 10.9 Å². The van der Waals surface area contributed by atoms with Crippen LogP contribution in [0, 0.1) is 6.92 Å². The highest BCUT2D eigenvalue weighted by Gasteiger charge is 2.12. The molecule has 0 radical (unpaired) electrons. The molecule has 0 aliphatic rings. The van der Waals surface area contributed by atoms with E-state index in [1.807, 2.05) is 39.2 Å². The van der Waals surface area contributed by atoms with Gasteiger partial charge in [-0.15, -0.1) is 0 Å². The Morgan fingerprint density at radius 1 is 1.37 bits per heavy atom. The molecule has 0 saturated heterocycles. The van der Waals surface area contributed by atoms with Crippen molar-refractivity contribution in [3.05, 3.63) is 40.4 Å². The quantitative estimate of drug-likeness (QED) is 0.843. The first kappa shape index (κ1) is 13.7. The van der Waals surface area contributed by atoms with E-state index in [1.54, 1.807) is 10.9 Å². The van der Waals surface area contributed by atoms with E-state index < -0.39 is 0 Å². The van der Waals surface area contributed by atoms with Crippen molar-refractivity contribution in [2.24, 2.45) is 0 Å². The van der Waals surface area contributed by atoms with Gasteiger partial charge < -0.3 is 4.90 Å². The Hall–Kier alpha value is -1.68. The maximum atomic E-state index is 12.5. The second-order valence-electron chi connectivity index (χ2n) is 5.20. The molecule has 102 valence electrons. The van der Waals surface area contributed by atoms with Crippen LogP contribution in [0.2, 0.25) is 0 Å². The van der Waals surface area contributed by atoms with Crippen molar-refractivity contribution in [2.75, 3.05) is 14.1 Å². The van der Waals surface area contributed by atoms with E-state index in [0.717, 1.165) is 22.9 Å². The summed E-state index contributed by atoms with van der Waals surface area (Å²) in [4.78, 5) is 19.1. The van der Waals surface area contributed by atoms with Gasteiger partial charge in [0.2, 0.25) is 0 Å². The van der Waals surface area contributed by atoms with Gasteiger partial charge in [0.15, 0.2) is 0 Å². The molecule has 0 aliphatic heterocycles. The normalized spacial score (nSPS) is 13.1. The van der Waals surface area contributed by atoms with Gasteiger partial charge in [-0.1, -0.05) is 19.1 Å². The molecular formula is C15H21N3O. The second kappa shape index (κ2) is 5.53. The molecule has 4 nitrogen and oxygen atoms in total. The molecule has 0 N–H and O–H groups in total. The first-order chi connectivity index (χ1) is 9.04. The smallest absolute Gasteiger partial charge is 0.261 e. The van der Waals surface area contributed by atoms with Gasteiger partial charge in [-0.3, -0.25) is 9.36 Å². The maximum Gasteiger partial charge on any atom is 0.261 e. The highest BCUT2D eigenvalue weighted by atomic mass is 16.1.